The van der Waals surface area contributed by atoms with Gasteiger partial charge in [0, 0.05) is 24.1 Å². The molecule has 1 heterocycles. The highest BCUT2D eigenvalue weighted by Gasteiger charge is 2.23. The number of amides is 2. The van der Waals surface area contributed by atoms with Crippen molar-refractivity contribution in [1.82, 2.24) is 4.90 Å². The molecular weight excluding hydrogens is 280 g/mol. The van der Waals surface area contributed by atoms with E-state index in [1.54, 1.807) is 25.3 Å². The molecule has 6 nitrogen and oxygen atoms in total. The molecule has 1 aliphatic rings. The molecule has 0 unspecified atom stereocenters. The second-order valence-electron chi connectivity index (χ2n) is 4.15. The van der Waals surface area contributed by atoms with E-state index in [2.05, 4.69) is 5.32 Å². The molecule has 2 rings (SSSR count). The van der Waals surface area contributed by atoms with Gasteiger partial charge >= 0.3 is 0 Å². The van der Waals surface area contributed by atoms with Crippen LogP contribution in [-0.2, 0) is 4.79 Å². The van der Waals surface area contributed by atoms with Gasteiger partial charge in [-0.05, 0) is 12.1 Å². The standard InChI is InChI=1S/C13H16N2O4S/c1-18-10-4-3-9(7-11(10)19-2)14-12(16)8-15-5-6-20-13(15)17/h3-4,7H,5-6,8H2,1-2H3,(H,14,16). The number of benzene rings is 1. The Morgan fingerprint density at radius 3 is 2.70 bits per heavy atom. The lowest BCUT2D eigenvalue weighted by Crippen LogP contribution is -2.33. The van der Waals surface area contributed by atoms with E-state index in [9.17, 15) is 9.59 Å². The van der Waals surface area contributed by atoms with Crippen molar-refractivity contribution in [2.75, 3.05) is 38.4 Å². The first-order valence-corrected chi connectivity index (χ1v) is 7.06. The number of rotatable bonds is 5. The number of carbonyl (C=O) groups is 2. The highest BCUT2D eigenvalue weighted by Crippen LogP contribution is 2.29. The molecule has 0 spiro atoms. The third-order valence-electron chi connectivity index (χ3n) is 2.85. The molecule has 1 aromatic rings. The van der Waals surface area contributed by atoms with Gasteiger partial charge in [-0.1, -0.05) is 11.8 Å². The third kappa shape index (κ3) is 3.36. The highest BCUT2D eigenvalue weighted by molar-refractivity contribution is 8.13. The Balaban J connectivity index is 1.98. The Bertz CT molecular complexity index is 521. The van der Waals surface area contributed by atoms with E-state index in [0.717, 1.165) is 5.75 Å². The third-order valence-corrected chi connectivity index (χ3v) is 3.74. The molecule has 0 aliphatic carbocycles. The molecule has 20 heavy (non-hydrogen) atoms. The second-order valence-corrected chi connectivity index (χ2v) is 5.20. The fraction of sp³-hybridized carbons (Fsp3) is 0.385. The maximum Gasteiger partial charge on any atom is 0.282 e. The van der Waals surface area contributed by atoms with E-state index in [4.69, 9.17) is 9.47 Å². The molecule has 0 bridgehead atoms. The van der Waals surface area contributed by atoms with E-state index in [1.165, 1.54) is 23.8 Å². The van der Waals surface area contributed by atoms with Gasteiger partial charge in [0.05, 0.1) is 14.2 Å². The smallest absolute Gasteiger partial charge is 0.282 e. The summed E-state index contributed by atoms with van der Waals surface area (Å²) in [6.45, 7) is 0.684. The quantitative estimate of drug-likeness (QED) is 0.897. The normalized spacial score (nSPS) is 14.3. The van der Waals surface area contributed by atoms with Crippen LogP contribution in [0.3, 0.4) is 0 Å². The Labute approximate surface area is 121 Å². The maximum absolute atomic E-state index is 11.9. The summed E-state index contributed by atoms with van der Waals surface area (Å²) in [5.74, 6) is 1.64. The van der Waals surface area contributed by atoms with Crippen molar-refractivity contribution in [3.8, 4) is 11.5 Å². The fourth-order valence-corrected chi connectivity index (χ4v) is 2.68. The van der Waals surface area contributed by atoms with Crippen LogP contribution < -0.4 is 14.8 Å². The maximum atomic E-state index is 11.9. The van der Waals surface area contributed by atoms with Crippen LogP contribution in [0.4, 0.5) is 10.5 Å². The second kappa shape index (κ2) is 6.51. The average molecular weight is 296 g/mol. The minimum Gasteiger partial charge on any atom is -0.493 e. The van der Waals surface area contributed by atoms with Crippen LogP contribution in [0, 0.1) is 0 Å². The number of hydrogen-bond donors (Lipinski definition) is 1. The van der Waals surface area contributed by atoms with Gasteiger partial charge in [-0.25, -0.2) is 0 Å². The molecular formula is C13H16N2O4S. The zero-order chi connectivity index (χ0) is 14.5. The molecule has 1 N–H and O–H groups in total. The molecule has 1 aromatic carbocycles. The van der Waals surface area contributed by atoms with Crippen LogP contribution in [0.15, 0.2) is 18.2 Å². The summed E-state index contributed by atoms with van der Waals surface area (Å²) in [7, 11) is 3.08. The van der Waals surface area contributed by atoms with Crippen LogP contribution in [0.5, 0.6) is 11.5 Å². The Morgan fingerprint density at radius 1 is 1.35 bits per heavy atom. The fourth-order valence-electron chi connectivity index (χ4n) is 1.86. The average Bonchev–Trinajstić information content (AvgIpc) is 2.84. The number of thioether (sulfide) groups is 1. The molecule has 0 radical (unpaired) electrons. The van der Waals surface area contributed by atoms with Crippen molar-refractivity contribution in [2.45, 2.75) is 0 Å². The van der Waals surface area contributed by atoms with E-state index in [1.807, 2.05) is 0 Å². The first-order chi connectivity index (χ1) is 9.63. The molecule has 1 saturated heterocycles. The molecule has 0 atom stereocenters. The largest absolute Gasteiger partial charge is 0.493 e. The van der Waals surface area contributed by atoms with Gasteiger partial charge in [-0.2, -0.15) is 0 Å². The van der Waals surface area contributed by atoms with Crippen LogP contribution in [0.2, 0.25) is 0 Å². The summed E-state index contributed by atoms with van der Waals surface area (Å²) in [4.78, 5) is 24.8. The molecule has 7 heteroatoms. The van der Waals surface area contributed by atoms with Crippen molar-refractivity contribution in [2.24, 2.45) is 0 Å². The van der Waals surface area contributed by atoms with Gasteiger partial charge in [0.25, 0.3) is 5.24 Å². The number of methoxy groups -OCH3 is 2. The lowest BCUT2D eigenvalue weighted by atomic mass is 10.2. The van der Waals surface area contributed by atoms with Gasteiger partial charge in [0.1, 0.15) is 6.54 Å². The molecule has 1 aliphatic heterocycles. The molecule has 1 fully saturated rings. The molecule has 2 amide bonds. The monoisotopic (exact) mass is 296 g/mol. The van der Waals surface area contributed by atoms with Crippen LogP contribution in [0.1, 0.15) is 0 Å². The summed E-state index contributed by atoms with van der Waals surface area (Å²) in [6.07, 6.45) is 0. The zero-order valence-electron chi connectivity index (χ0n) is 11.3. The predicted molar refractivity (Wildman–Crippen MR) is 77.6 cm³/mol. The van der Waals surface area contributed by atoms with Crippen LogP contribution >= 0.6 is 11.8 Å². The summed E-state index contributed by atoms with van der Waals surface area (Å²) in [5, 5.41) is 2.69. The number of nitrogens with one attached hydrogen (secondary N) is 1. The highest BCUT2D eigenvalue weighted by atomic mass is 32.2. The molecule has 0 aromatic heterocycles. The summed E-state index contributed by atoms with van der Waals surface area (Å²) < 4.78 is 10.3. The lowest BCUT2D eigenvalue weighted by Gasteiger charge is -2.15. The van der Waals surface area contributed by atoms with Crippen molar-refractivity contribution in [3.05, 3.63) is 18.2 Å². The minimum atomic E-state index is -0.229. The van der Waals surface area contributed by atoms with Gasteiger partial charge in [0.2, 0.25) is 5.91 Å². The summed E-state index contributed by atoms with van der Waals surface area (Å²) in [6, 6.07) is 5.11. The first-order valence-electron chi connectivity index (χ1n) is 6.07. The summed E-state index contributed by atoms with van der Waals surface area (Å²) >= 11 is 1.24. The number of carbonyl (C=O) groups excluding carboxylic acids is 2. The van der Waals surface area contributed by atoms with Gasteiger partial charge in [-0.15, -0.1) is 0 Å². The van der Waals surface area contributed by atoms with Crippen LogP contribution in [-0.4, -0.2) is 49.1 Å². The van der Waals surface area contributed by atoms with Crippen molar-refractivity contribution >= 4 is 28.6 Å². The summed E-state index contributed by atoms with van der Waals surface area (Å²) in [5.41, 5.74) is 0.604. The van der Waals surface area contributed by atoms with Crippen molar-refractivity contribution in [1.29, 1.82) is 0 Å². The molecule has 108 valence electrons. The topological polar surface area (TPSA) is 67.9 Å². The predicted octanol–water partition coefficient (Wildman–Crippen LogP) is 1.81. The number of anilines is 1. The number of nitrogens with zero attached hydrogens (tertiary/aromatic N) is 1. The Kier molecular flexibility index (Phi) is 4.73. The van der Waals surface area contributed by atoms with Gasteiger partial charge in [0.15, 0.2) is 11.5 Å². The lowest BCUT2D eigenvalue weighted by molar-refractivity contribution is -0.116. The van der Waals surface area contributed by atoms with E-state index in [-0.39, 0.29) is 17.7 Å². The van der Waals surface area contributed by atoms with E-state index in [0.29, 0.717) is 23.7 Å². The Hall–Kier alpha value is -1.89. The van der Waals surface area contributed by atoms with Gasteiger partial charge < -0.3 is 19.7 Å². The van der Waals surface area contributed by atoms with Crippen LogP contribution in [0.25, 0.3) is 0 Å². The van der Waals surface area contributed by atoms with E-state index >= 15 is 0 Å². The van der Waals surface area contributed by atoms with Crippen molar-refractivity contribution in [3.63, 3.8) is 0 Å². The van der Waals surface area contributed by atoms with Gasteiger partial charge in [-0.3, -0.25) is 9.59 Å². The minimum absolute atomic E-state index is 0.0486. The first kappa shape index (κ1) is 14.5. The zero-order valence-corrected chi connectivity index (χ0v) is 12.2. The van der Waals surface area contributed by atoms with Crippen molar-refractivity contribution < 1.29 is 19.1 Å². The molecule has 0 saturated carbocycles. The SMILES string of the molecule is COc1ccc(NC(=O)CN2CCSC2=O)cc1OC. The number of hydrogen-bond acceptors (Lipinski definition) is 5. The van der Waals surface area contributed by atoms with E-state index < -0.39 is 0 Å². The Morgan fingerprint density at radius 2 is 2.10 bits per heavy atom. The number of ether oxygens (including phenoxy) is 2.